The number of hydrogen-bond acceptors (Lipinski definition) is 2. The second-order valence-corrected chi connectivity index (χ2v) is 4.90. The first-order chi connectivity index (χ1) is 8.16. The van der Waals surface area contributed by atoms with Crippen molar-refractivity contribution in [1.29, 1.82) is 0 Å². The van der Waals surface area contributed by atoms with Crippen LogP contribution in [0.5, 0.6) is 0 Å². The van der Waals surface area contributed by atoms with E-state index in [1.807, 2.05) is 12.1 Å². The summed E-state index contributed by atoms with van der Waals surface area (Å²) in [6.07, 6.45) is -0.958. The SMILES string of the molecule is CC(F)c1ccc(CN2CCNCC2)c(Cl)c1. The van der Waals surface area contributed by atoms with E-state index in [-0.39, 0.29) is 0 Å². The van der Waals surface area contributed by atoms with Crippen molar-refractivity contribution < 1.29 is 4.39 Å². The van der Waals surface area contributed by atoms with Crippen LogP contribution in [0.4, 0.5) is 4.39 Å². The van der Waals surface area contributed by atoms with E-state index >= 15 is 0 Å². The van der Waals surface area contributed by atoms with Gasteiger partial charge in [-0.05, 0) is 24.1 Å². The summed E-state index contributed by atoms with van der Waals surface area (Å²) in [7, 11) is 0. The minimum Gasteiger partial charge on any atom is -0.314 e. The molecule has 0 amide bonds. The number of piperazine rings is 1. The highest BCUT2D eigenvalue weighted by Gasteiger charge is 2.12. The molecule has 1 N–H and O–H groups in total. The molecule has 1 heterocycles. The van der Waals surface area contributed by atoms with Crippen LogP contribution < -0.4 is 5.32 Å². The van der Waals surface area contributed by atoms with Crippen LogP contribution in [-0.4, -0.2) is 31.1 Å². The molecule has 1 saturated heterocycles. The lowest BCUT2D eigenvalue weighted by Gasteiger charge is -2.27. The van der Waals surface area contributed by atoms with Crippen LogP contribution in [0.25, 0.3) is 0 Å². The molecule has 1 aliphatic rings. The highest BCUT2D eigenvalue weighted by atomic mass is 35.5. The molecule has 17 heavy (non-hydrogen) atoms. The Morgan fingerprint density at radius 2 is 2.12 bits per heavy atom. The van der Waals surface area contributed by atoms with Crippen LogP contribution in [0.3, 0.4) is 0 Å². The molecule has 2 rings (SSSR count). The molecule has 0 bridgehead atoms. The molecule has 0 radical (unpaired) electrons. The number of halogens is 2. The maximum Gasteiger partial charge on any atom is 0.122 e. The van der Waals surface area contributed by atoms with Gasteiger partial charge in [-0.1, -0.05) is 23.7 Å². The van der Waals surface area contributed by atoms with E-state index in [4.69, 9.17) is 11.6 Å². The van der Waals surface area contributed by atoms with Crippen LogP contribution >= 0.6 is 11.6 Å². The molecular formula is C13H18ClFN2. The van der Waals surface area contributed by atoms with Gasteiger partial charge in [0.25, 0.3) is 0 Å². The fourth-order valence-electron chi connectivity index (χ4n) is 2.05. The van der Waals surface area contributed by atoms with Crippen molar-refractivity contribution in [2.75, 3.05) is 26.2 Å². The monoisotopic (exact) mass is 256 g/mol. The number of rotatable bonds is 3. The Bertz CT molecular complexity index is 376. The predicted octanol–water partition coefficient (Wildman–Crippen LogP) is 2.78. The van der Waals surface area contributed by atoms with E-state index in [1.54, 1.807) is 6.07 Å². The summed E-state index contributed by atoms with van der Waals surface area (Å²) in [5.41, 5.74) is 1.73. The Balaban J connectivity index is 2.05. The van der Waals surface area contributed by atoms with Crippen molar-refractivity contribution in [3.05, 3.63) is 34.3 Å². The number of hydrogen-bond donors (Lipinski definition) is 1. The van der Waals surface area contributed by atoms with Gasteiger partial charge < -0.3 is 5.32 Å². The van der Waals surface area contributed by atoms with Gasteiger partial charge in [0, 0.05) is 37.7 Å². The van der Waals surface area contributed by atoms with Crippen LogP contribution in [0.2, 0.25) is 5.02 Å². The maximum atomic E-state index is 13.1. The quantitative estimate of drug-likeness (QED) is 0.895. The van der Waals surface area contributed by atoms with Gasteiger partial charge in [0.05, 0.1) is 0 Å². The summed E-state index contributed by atoms with van der Waals surface area (Å²) < 4.78 is 13.1. The van der Waals surface area contributed by atoms with Crippen molar-refractivity contribution >= 4 is 11.6 Å². The highest BCUT2D eigenvalue weighted by Crippen LogP contribution is 2.24. The second-order valence-electron chi connectivity index (χ2n) is 4.49. The minimum atomic E-state index is -0.958. The Hall–Kier alpha value is -0.640. The predicted molar refractivity (Wildman–Crippen MR) is 69.1 cm³/mol. The van der Waals surface area contributed by atoms with E-state index in [9.17, 15) is 4.39 Å². The summed E-state index contributed by atoms with van der Waals surface area (Å²) in [6, 6.07) is 5.51. The average molecular weight is 257 g/mol. The molecule has 94 valence electrons. The number of benzene rings is 1. The number of alkyl halides is 1. The van der Waals surface area contributed by atoms with E-state index in [1.165, 1.54) is 6.92 Å². The van der Waals surface area contributed by atoms with Crippen LogP contribution in [0.1, 0.15) is 24.2 Å². The summed E-state index contributed by atoms with van der Waals surface area (Å²) in [5, 5.41) is 3.99. The van der Waals surface area contributed by atoms with Gasteiger partial charge in [-0.15, -0.1) is 0 Å². The van der Waals surface area contributed by atoms with Gasteiger partial charge in [0.1, 0.15) is 6.17 Å². The van der Waals surface area contributed by atoms with Crippen molar-refractivity contribution in [1.82, 2.24) is 10.2 Å². The van der Waals surface area contributed by atoms with E-state index in [0.717, 1.165) is 38.3 Å². The average Bonchev–Trinajstić information content (AvgIpc) is 2.33. The Labute approximate surface area is 107 Å². The fraction of sp³-hybridized carbons (Fsp3) is 0.538. The van der Waals surface area contributed by atoms with Gasteiger partial charge in [-0.2, -0.15) is 0 Å². The van der Waals surface area contributed by atoms with Gasteiger partial charge in [-0.25, -0.2) is 4.39 Å². The highest BCUT2D eigenvalue weighted by molar-refractivity contribution is 6.31. The molecule has 1 atom stereocenters. The number of nitrogens with zero attached hydrogens (tertiary/aromatic N) is 1. The van der Waals surface area contributed by atoms with Gasteiger partial charge >= 0.3 is 0 Å². The zero-order valence-electron chi connectivity index (χ0n) is 10.0. The molecule has 1 unspecified atom stereocenters. The molecule has 1 aromatic carbocycles. The first-order valence-electron chi connectivity index (χ1n) is 6.02. The van der Waals surface area contributed by atoms with Crippen LogP contribution in [0, 0.1) is 0 Å². The van der Waals surface area contributed by atoms with Crippen molar-refractivity contribution in [2.45, 2.75) is 19.6 Å². The minimum absolute atomic E-state index is 0.652. The Morgan fingerprint density at radius 1 is 1.41 bits per heavy atom. The molecule has 4 heteroatoms. The van der Waals surface area contributed by atoms with Gasteiger partial charge in [-0.3, -0.25) is 4.90 Å². The third kappa shape index (κ3) is 3.41. The summed E-state index contributed by atoms with van der Waals surface area (Å²) in [5.74, 6) is 0. The van der Waals surface area contributed by atoms with Gasteiger partial charge in [0.2, 0.25) is 0 Å². The Morgan fingerprint density at radius 3 is 2.71 bits per heavy atom. The van der Waals surface area contributed by atoms with E-state index in [2.05, 4.69) is 10.2 Å². The van der Waals surface area contributed by atoms with Crippen molar-refractivity contribution in [2.24, 2.45) is 0 Å². The molecule has 0 aliphatic carbocycles. The van der Waals surface area contributed by atoms with E-state index < -0.39 is 6.17 Å². The molecule has 1 aromatic rings. The standard InChI is InChI=1S/C13H18ClFN2/c1-10(15)11-2-3-12(13(14)8-11)9-17-6-4-16-5-7-17/h2-3,8,10,16H,4-7,9H2,1H3. The van der Waals surface area contributed by atoms with Crippen LogP contribution in [0.15, 0.2) is 18.2 Å². The topological polar surface area (TPSA) is 15.3 Å². The summed E-state index contributed by atoms with van der Waals surface area (Å²) in [4.78, 5) is 2.36. The smallest absolute Gasteiger partial charge is 0.122 e. The number of nitrogens with one attached hydrogen (secondary N) is 1. The first kappa shape index (κ1) is 12.8. The fourth-order valence-corrected chi connectivity index (χ4v) is 2.30. The largest absolute Gasteiger partial charge is 0.314 e. The van der Waals surface area contributed by atoms with Crippen molar-refractivity contribution in [3.63, 3.8) is 0 Å². The molecule has 0 spiro atoms. The lowest BCUT2D eigenvalue weighted by atomic mass is 10.1. The Kier molecular flexibility index (Phi) is 4.37. The third-order valence-corrected chi connectivity index (χ3v) is 3.49. The van der Waals surface area contributed by atoms with E-state index in [0.29, 0.717) is 10.6 Å². The summed E-state index contributed by atoms with van der Waals surface area (Å²) in [6.45, 7) is 6.51. The van der Waals surface area contributed by atoms with Gasteiger partial charge in [0.15, 0.2) is 0 Å². The maximum absolute atomic E-state index is 13.1. The van der Waals surface area contributed by atoms with Crippen LogP contribution in [-0.2, 0) is 6.54 Å². The lowest BCUT2D eigenvalue weighted by molar-refractivity contribution is 0.233. The lowest BCUT2D eigenvalue weighted by Crippen LogP contribution is -2.42. The molecule has 2 nitrogen and oxygen atoms in total. The zero-order valence-corrected chi connectivity index (χ0v) is 10.8. The second kappa shape index (κ2) is 5.80. The molecule has 1 aliphatic heterocycles. The first-order valence-corrected chi connectivity index (χ1v) is 6.40. The molecule has 1 fully saturated rings. The molecule has 0 saturated carbocycles. The van der Waals surface area contributed by atoms with Crippen molar-refractivity contribution in [3.8, 4) is 0 Å². The normalized spacial score (nSPS) is 19.2. The third-order valence-electron chi connectivity index (χ3n) is 3.14. The zero-order chi connectivity index (χ0) is 12.3. The summed E-state index contributed by atoms with van der Waals surface area (Å²) >= 11 is 6.18. The molecule has 0 aromatic heterocycles. The molecular weight excluding hydrogens is 239 g/mol.